The van der Waals surface area contributed by atoms with Crippen LogP contribution < -0.4 is 10.9 Å². The number of carbonyl (C=O) groups excluding carboxylic acids is 1. The van der Waals surface area contributed by atoms with Crippen LogP contribution in [0.1, 0.15) is 35.6 Å². The predicted octanol–water partition coefficient (Wildman–Crippen LogP) is 3.05. The second-order valence-electron chi connectivity index (χ2n) is 6.39. The average molecular weight is 390 g/mol. The van der Waals surface area contributed by atoms with Crippen molar-refractivity contribution >= 4 is 39.2 Å². The van der Waals surface area contributed by atoms with Gasteiger partial charge < -0.3 is 9.73 Å². The lowest BCUT2D eigenvalue weighted by atomic mass is 10.2. The topological polar surface area (TPSA) is 77.1 Å². The number of nitrogens with zero attached hydrogens (tertiary/aromatic N) is 2. The van der Waals surface area contributed by atoms with E-state index in [0.717, 1.165) is 29.5 Å². The van der Waals surface area contributed by atoms with Crippen molar-refractivity contribution < 1.29 is 9.21 Å². The van der Waals surface area contributed by atoms with Crippen LogP contribution in [-0.2, 0) is 24.7 Å². The number of thiophene rings is 1. The largest absolute Gasteiger partial charge is 0.467 e. The third-order valence-electron chi connectivity index (χ3n) is 4.59. The summed E-state index contributed by atoms with van der Waals surface area (Å²) < 4.78 is 6.85. The van der Waals surface area contributed by atoms with Crippen LogP contribution in [0.15, 0.2) is 32.8 Å². The van der Waals surface area contributed by atoms with Crippen LogP contribution in [0.25, 0.3) is 10.2 Å². The van der Waals surface area contributed by atoms with Gasteiger partial charge in [-0.15, -0.1) is 11.3 Å². The minimum absolute atomic E-state index is 0.0127. The number of thioether (sulfide) groups is 1. The van der Waals surface area contributed by atoms with Crippen molar-refractivity contribution in [2.24, 2.45) is 7.05 Å². The molecule has 1 amide bonds. The van der Waals surface area contributed by atoms with E-state index in [2.05, 4.69) is 10.3 Å². The fourth-order valence-electron chi connectivity index (χ4n) is 3.26. The van der Waals surface area contributed by atoms with Gasteiger partial charge in [0.05, 0.1) is 23.4 Å². The van der Waals surface area contributed by atoms with E-state index in [-0.39, 0.29) is 23.3 Å². The summed E-state index contributed by atoms with van der Waals surface area (Å²) in [5, 5.41) is 4.23. The molecule has 6 nitrogen and oxygen atoms in total. The van der Waals surface area contributed by atoms with Gasteiger partial charge in [0.15, 0.2) is 5.16 Å². The molecule has 3 aromatic rings. The summed E-state index contributed by atoms with van der Waals surface area (Å²) >= 11 is 2.90. The first kappa shape index (κ1) is 17.4. The maximum Gasteiger partial charge on any atom is 0.262 e. The van der Waals surface area contributed by atoms with Gasteiger partial charge in [-0.25, -0.2) is 4.98 Å². The molecule has 0 spiro atoms. The van der Waals surface area contributed by atoms with E-state index in [0.29, 0.717) is 10.9 Å². The molecule has 4 rings (SSSR count). The number of nitrogens with one attached hydrogen (secondary N) is 1. The van der Waals surface area contributed by atoms with Crippen molar-refractivity contribution in [1.82, 2.24) is 14.9 Å². The Morgan fingerprint density at radius 1 is 1.50 bits per heavy atom. The quantitative estimate of drug-likeness (QED) is 0.536. The number of hydrogen-bond donors (Lipinski definition) is 1. The van der Waals surface area contributed by atoms with E-state index in [4.69, 9.17) is 4.42 Å². The number of furan rings is 1. The Balaban J connectivity index is 1.50. The highest BCUT2D eigenvalue weighted by atomic mass is 32.2. The minimum Gasteiger partial charge on any atom is -0.467 e. The minimum atomic E-state index is -0.197. The SMILES string of the molecule is C[C@H](NC(=O)CSc1nc2sc3c(c2c(=O)n1C)CCC3)c1ccco1. The molecule has 26 heavy (non-hydrogen) atoms. The Kier molecular flexibility index (Phi) is 4.62. The number of rotatable bonds is 5. The second-order valence-corrected chi connectivity index (χ2v) is 8.42. The van der Waals surface area contributed by atoms with Crippen LogP contribution in [0.3, 0.4) is 0 Å². The molecule has 0 unspecified atom stereocenters. The maximum atomic E-state index is 12.8. The summed E-state index contributed by atoms with van der Waals surface area (Å²) in [6, 6.07) is 3.42. The standard InChI is InChI=1S/C18H19N3O3S2/c1-10(12-6-4-8-24-12)19-14(22)9-25-18-20-16-15(17(23)21(18)2)11-5-3-7-13(11)26-16/h4,6,8,10H,3,5,7,9H2,1-2H3,(H,19,22)/t10-/m0/s1. The summed E-state index contributed by atoms with van der Waals surface area (Å²) in [7, 11) is 1.72. The number of hydrogen-bond acceptors (Lipinski definition) is 6. The van der Waals surface area contributed by atoms with Gasteiger partial charge in [-0.1, -0.05) is 11.8 Å². The fraction of sp³-hybridized carbons (Fsp3) is 0.389. The number of aryl methyl sites for hydroxylation is 2. The highest BCUT2D eigenvalue weighted by Crippen LogP contribution is 2.35. The lowest BCUT2D eigenvalue weighted by molar-refractivity contribution is -0.119. The van der Waals surface area contributed by atoms with Crippen LogP contribution in [-0.4, -0.2) is 21.2 Å². The van der Waals surface area contributed by atoms with Crippen molar-refractivity contribution in [2.75, 3.05) is 5.75 Å². The third-order valence-corrected chi connectivity index (χ3v) is 6.80. The van der Waals surface area contributed by atoms with Crippen LogP contribution >= 0.6 is 23.1 Å². The Labute approximate surface area is 158 Å². The molecular weight excluding hydrogens is 370 g/mol. The van der Waals surface area contributed by atoms with Crippen molar-refractivity contribution in [3.05, 3.63) is 45.0 Å². The zero-order valence-corrected chi connectivity index (χ0v) is 16.2. The highest BCUT2D eigenvalue weighted by Gasteiger charge is 2.22. The number of fused-ring (bicyclic) bond motifs is 3. The third kappa shape index (κ3) is 3.07. The van der Waals surface area contributed by atoms with Gasteiger partial charge in [0.1, 0.15) is 10.6 Å². The Hall–Kier alpha value is -2.06. The normalized spacial score (nSPS) is 14.5. The molecule has 0 radical (unpaired) electrons. The van der Waals surface area contributed by atoms with Crippen LogP contribution in [0.5, 0.6) is 0 Å². The smallest absolute Gasteiger partial charge is 0.262 e. The van der Waals surface area contributed by atoms with Crippen molar-refractivity contribution in [1.29, 1.82) is 0 Å². The molecule has 0 bridgehead atoms. The van der Waals surface area contributed by atoms with E-state index in [1.54, 1.807) is 35.3 Å². The summed E-state index contributed by atoms with van der Waals surface area (Å²) in [6.07, 6.45) is 4.70. The van der Waals surface area contributed by atoms with Gasteiger partial charge in [0.25, 0.3) is 5.56 Å². The average Bonchev–Trinajstić information content (AvgIpc) is 3.32. The highest BCUT2D eigenvalue weighted by molar-refractivity contribution is 7.99. The zero-order chi connectivity index (χ0) is 18.3. The first-order chi connectivity index (χ1) is 12.5. The van der Waals surface area contributed by atoms with E-state index in [9.17, 15) is 9.59 Å². The lowest BCUT2D eigenvalue weighted by Crippen LogP contribution is -2.28. The molecule has 3 heterocycles. The Morgan fingerprint density at radius 3 is 3.12 bits per heavy atom. The molecule has 1 atom stereocenters. The fourth-order valence-corrected chi connectivity index (χ4v) is 5.34. The molecular formula is C18H19N3O3S2. The van der Waals surface area contributed by atoms with E-state index >= 15 is 0 Å². The first-order valence-corrected chi connectivity index (χ1v) is 10.3. The molecule has 1 aliphatic carbocycles. The number of aromatic nitrogens is 2. The molecule has 1 aliphatic rings. The van der Waals surface area contributed by atoms with E-state index < -0.39 is 0 Å². The van der Waals surface area contributed by atoms with Gasteiger partial charge in [-0.3, -0.25) is 14.2 Å². The van der Waals surface area contributed by atoms with Crippen LogP contribution in [0.2, 0.25) is 0 Å². The maximum absolute atomic E-state index is 12.8. The molecule has 136 valence electrons. The summed E-state index contributed by atoms with van der Waals surface area (Å²) in [5.41, 5.74) is 1.17. The molecule has 0 saturated heterocycles. The van der Waals surface area contributed by atoms with Crippen molar-refractivity contribution in [2.45, 2.75) is 37.4 Å². The molecule has 0 saturated carbocycles. The van der Waals surface area contributed by atoms with Gasteiger partial charge in [-0.2, -0.15) is 0 Å². The summed E-state index contributed by atoms with van der Waals surface area (Å²) in [4.78, 5) is 31.7. The molecule has 0 fully saturated rings. The lowest BCUT2D eigenvalue weighted by Gasteiger charge is -2.12. The van der Waals surface area contributed by atoms with E-state index in [1.165, 1.54) is 22.2 Å². The van der Waals surface area contributed by atoms with E-state index in [1.807, 2.05) is 13.0 Å². The van der Waals surface area contributed by atoms with Crippen LogP contribution in [0, 0.1) is 0 Å². The summed E-state index contributed by atoms with van der Waals surface area (Å²) in [5.74, 6) is 0.785. The predicted molar refractivity (Wildman–Crippen MR) is 103 cm³/mol. The monoisotopic (exact) mass is 389 g/mol. The summed E-state index contributed by atoms with van der Waals surface area (Å²) in [6.45, 7) is 1.87. The molecule has 3 aromatic heterocycles. The van der Waals surface area contributed by atoms with Gasteiger partial charge in [0, 0.05) is 11.9 Å². The van der Waals surface area contributed by atoms with Crippen molar-refractivity contribution in [3.63, 3.8) is 0 Å². The first-order valence-electron chi connectivity index (χ1n) is 8.51. The molecule has 8 heteroatoms. The van der Waals surface area contributed by atoms with Gasteiger partial charge in [0.2, 0.25) is 5.91 Å². The van der Waals surface area contributed by atoms with Gasteiger partial charge in [-0.05, 0) is 43.9 Å². The van der Waals surface area contributed by atoms with Crippen molar-refractivity contribution in [3.8, 4) is 0 Å². The Morgan fingerprint density at radius 2 is 2.35 bits per heavy atom. The van der Waals surface area contributed by atoms with Gasteiger partial charge >= 0.3 is 0 Å². The zero-order valence-electron chi connectivity index (χ0n) is 14.6. The number of carbonyl (C=O) groups is 1. The molecule has 0 aliphatic heterocycles. The molecule has 0 aromatic carbocycles. The van der Waals surface area contributed by atoms with Crippen LogP contribution in [0.4, 0.5) is 0 Å². The number of amides is 1. The second kappa shape index (κ2) is 6.92. The Bertz CT molecular complexity index is 1020. The molecule has 1 N–H and O–H groups in total.